The summed E-state index contributed by atoms with van der Waals surface area (Å²) in [5.74, 6) is 5.59. The highest BCUT2D eigenvalue weighted by Gasteiger charge is 1.97. The molecule has 0 radical (unpaired) electrons. The van der Waals surface area contributed by atoms with Crippen LogP contribution in [0.4, 0.5) is 0 Å². The molecule has 0 unspecified atom stereocenters. The molecule has 0 aromatic rings. The van der Waals surface area contributed by atoms with E-state index in [-0.39, 0.29) is 20.7 Å². The maximum atomic E-state index is 5.42. The highest BCUT2D eigenvalue weighted by atomic mass is 127. The average molecular weight is 238 g/mol. The van der Waals surface area contributed by atoms with Crippen molar-refractivity contribution in [2.45, 2.75) is 0 Å². The van der Waals surface area contributed by atoms with Crippen LogP contribution in [0.3, 0.4) is 0 Å². The highest BCUT2D eigenvalue weighted by molar-refractivity contribution is 14.2. The first kappa shape index (κ1) is 6.69. The molecule has 0 saturated heterocycles. The summed E-state index contributed by atoms with van der Waals surface area (Å²) in [6.45, 7) is 0. The number of nitrogens with zero attached hydrogens (tertiary/aromatic N) is 1. The molecular formula is C4H7IN4. The molecule has 0 fully saturated rings. The van der Waals surface area contributed by atoms with E-state index in [2.05, 4.69) is 10.4 Å². The maximum Gasteiger partial charge on any atom is 0.149 e. The molecule has 9 heavy (non-hydrogen) atoms. The van der Waals surface area contributed by atoms with Gasteiger partial charge in [-0.15, -0.1) is 0 Å². The van der Waals surface area contributed by atoms with Crippen molar-refractivity contribution in [3.8, 4) is 0 Å². The van der Waals surface area contributed by atoms with Crippen LogP contribution in [0.1, 0.15) is 0 Å². The van der Waals surface area contributed by atoms with Gasteiger partial charge in [-0.1, -0.05) is 20.7 Å². The van der Waals surface area contributed by atoms with Crippen molar-refractivity contribution in [2.75, 3.05) is 0 Å². The summed E-state index contributed by atoms with van der Waals surface area (Å²) in [4.78, 5) is 3.89. The molecule has 0 bridgehead atoms. The summed E-state index contributed by atoms with van der Waals surface area (Å²) in [5, 5.41) is 0. The van der Waals surface area contributed by atoms with Gasteiger partial charge in [0.1, 0.15) is 5.82 Å². The Hall–Kier alpha value is -0.430. The molecule has 0 aliphatic carbocycles. The van der Waals surface area contributed by atoms with E-state index in [0.29, 0.717) is 5.82 Å². The third-order valence-corrected chi connectivity index (χ3v) is 2.43. The topological polar surface area (TPSA) is 76.4 Å². The van der Waals surface area contributed by atoms with Crippen molar-refractivity contribution in [3.63, 3.8) is 0 Å². The lowest BCUT2D eigenvalue weighted by atomic mass is 10.5. The highest BCUT2D eigenvalue weighted by Crippen LogP contribution is 2.04. The quantitative estimate of drug-likeness (QED) is 0.324. The number of hydrogen-bond acceptors (Lipinski definition) is 4. The third-order valence-electron chi connectivity index (χ3n) is 0.848. The fraction of sp³-hybridized carbons (Fsp3) is 0. The van der Waals surface area contributed by atoms with E-state index in [1.807, 2.05) is 8.23 Å². The molecule has 0 aromatic heterocycles. The Bertz CT molecular complexity index is 193. The minimum atomic E-state index is -0.0561. The maximum absolute atomic E-state index is 5.42. The van der Waals surface area contributed by atoms with Gasteiger partial charge in [-0.2, -0.15) is 0 Å². The lowest BCUT2D eigenvalue weighted by molar-refractivity contribution is 0.912. The van der Waals surface area contributed by atoms with Crippen molar-refractivity contribution in [1.82, 2.24) is 5.43 Å². The molecule has 0 saturated carbocycles. The minimum absolute atomic E-state index is 0.0561. The second-order valence-electron chi connectivity index (χ2n) is 1.41. The van der Waals surface area contributed by atoms with Gasteiger partial charge in [-0.3, -0.25) is 5.84 Å². The molecule has 5 N–H and O–H groups in total. The average Bonchev–Trinajstić information content (AvgIpc) is 1.89. The van der Waals surface area contributed by atoms with Crippen LogP contribution in [0.5, 0.6) is 0 Å². The van der Waals surface area contributed by atoms with E-state index >= 15 is 0 Å². The molecule has 1 aliphatic rings. The van der Waals surface area contributed by atoms with Crippen LogP contribution in [0.15, 0.2) is 16.5 Å². The summed E-state index contributed by atoms with van der Waals surface area (Å²) in [7, 11) is 0. The molecule has 50 valence electrons. The predicted molar refractivity (Wildman–Crippen MR) is 47.1 cm³/mol. The summed E-state index contributed by atoms with van der Waals surface area (Å²) >= 11 is -0.0561. The molecule has 0 aromatic carbocycles. The van der Waals surface area contributed by atoms with Gasteiger partial charge in [0.05, 0.1) is 9.92 Å². The van der Waals surface area contributed by atoms with Gasteiger partial charge in [0, 0.05) is 4.01 Å². The predicted octanol–water partition coefficient (Wildman–Crippen LogP) is -0.608. The number of halogens is 1. The molecule has 4 nitrogen and oxygen atoms in total. The van der Waals surface area contributed by atoms with Crippen molar-refractivity contribution in [2.24, 2.45) is 16.6 Å². The SMILES string of the molecule is NNC1=C(N)N=CI=C1. The molecule has 0 atom stereocenters. The Balaban J connectivity index is 2.88. The van der Waals surface area contributed by atoms with Crippen LogP contribution in [-0.4, -0.2) is 8.23 Å². The molecule has 0 amide bonds. The van der Waals surface area contributed by atoms with Gasteiger partial charge < -0.3 is 11.2 Å². The Labute approximate surface area is 62.7 Å². The Morgan fingerprint density at radius 3 is 2.89 bits per heavy atom. The zero-order chi connectivity index (χ0) is 6.69. The van der Waals surface area contributed by atoms with Gasteiger partial charge in [0.25, 0.3) is 0 Å². The Kier molecular flexibility index (Phi) is 2.17. The first-order chi connectivity index (χ1) is 4.34. The van der Waals surface area contributed by atoms with E-state index in [4.69, 9.17) is 11.6 Å². The van der Waals surface area contributed by atoms with Crippen LogP contribution < -0.4 is 17.0 Å². The molecular weight excluding hydrogens is 231 g/mol. The van der Waals surface area contributed by atoms with Crippen molar-refractivity contribution < 1.29 is 0 Å². The first-order valence-electron chi connectivity index (χ1n) is 2.28. The fourth-order valence-corrected chi connectivity index (χ4v) is 1.88. The van der Waals surface area contributed by atoms with Crippen molar-refractivity contribution in [3.05, 3.63) is 11.5 Å². The van der Waals surface area contributed by atoms with Crippen molar-refractivity contribution in [1.29, 1.82) is 0 Å². The fourth-order valence-electron chi connectivity index (χ4n) is 0.403. The summed E-state index contributed by atoms with van der Waals surface area (Å²) in [6, 6.07) is 0. The van der Waals surface area contributed by atoms with Crippen LogP contribution >= 0.6 is 20.7 Å². The summed E-state index contributed by atoms with van der Waals surface area (Å²) in [6.07, 6.45) is 0. The molecule has 0 spiro atoms. The molecule has 1 heterocycles. The van der Waals surface area contributed by atoms with Gasteiger partial charge in [0.2, 0.25) is 0 Å². The van der Waals surface area contributed by atoms with Gasteiger partial charge in [0.15, 0.2) is 0 Å². The standard InChI is InChI=1S/C4H7IN4/c6-4-3(9-7)1-5-2-8-4/h1-2,9H,7H2,(H2,6,8). The number of nitrogens with two attached hydrogens (primary N) is 2. The second kappa shape index (κ2) is 2.92. The number of nitrogens with one attached hydrogen (secondary N) is 1. The number of rotatable bonds is 1. The Morgan fingerprint density at radius 2 is 2.44 bits per heavy atom. The number of allylic oxidation sites excluding steroid dienone is 1. The Morgan fingerprint density at radius 1 is 1.67 bits per heavy atom. The monoisotopic (exact) mass is 238 g/mol. The van der Waals surface area contributed by atoms with Crippen molar-refractivity contribution >= 4 is 29.0 Å². The lowest BCUT2D eigenvalue weighted by Gasteiger charge is -2.03. The number of aliphatic imine (C=N–C) groups is 1. The van der Waals surface area contributed by atoms with E-state index in [1.165, 1.54) is 0 Å². The summed E-state index contributed by atoms with van der Waals surface area (Å²) in [5.41, 5.74) is 8.64. The first-order valence-corrected chi connectivity index (χ1v) is 4.78. The van der Waals surface area contributed by atoms with Gasteiger partial charge >= 0.3 is 0 Å². The van der Waals surface area contributed by atoms with Crippen LogP contribution in [-0.2, 0) is 0 Å². The number of hydrogen-bond donors (Lipinski definition) is 3. The zero-order valence-electron chi connectivity index (χ0n) is 4.63. The van der Waals surface area contributed by atoms with Gasteiger partial charge in [-0.05, 0) is 0 Å². The molecule has 1 rings (SSSR count). The summed E-state index contributed by atoms with van der Waals surface area (Å²) < 4.78 is 3.83. The van der Waals surface area contributed by atoms with Crippen LogP contribution in [0.25, 0.3) is 0 Å². The lowest BCUT2D eigenvalue weighted by Crippen LogP contribution is -2.25. The minimum Gasteiger partial charge on any atom is -0.382 e. The van der Waals surface area contributed by atoms with Gasteiger partial charge in [-0.25, -0.2) is 4.99 Å². The smallest absolute Gasteiger partial charge is 0.149 e. The van der Waals surface area contributed by atoms with E-state index in [9.17, 15) is 0 Å². The number of hydrazine groups is 1. The largest absolute Gasteiger partial charge is 0.382 e. The van der Waals surface area contributed by atoms with Crippen LogP contribution in [0.2, 0.25) is 0 Å². The molecule has 5 heteroatoms. The second-order valence-corrected chi connectivity index (χ2v) is 3.30. The molecule has 1 aliphatic heterocycles. The van der Waals surface area contributed by atoms with E-state index < -0.39 is 0 Å². The van der Waals surface area contributed by atoms with E-state index in [0.717, 1.165) is 5.70 Å². The van der Waals surface area contributed by atoms with Crippen LogP contribution in [0, 0.1) is 0 Å². The zero-order valence-corrected chi connectivity index (χ0v) is 6.79. The van der Waals surface area contributed by atoms with E-state index in [1.54, 1.807) is 0 Å². The third kappa shape index (κ3) is 1.49. The normalized spacial score (nSPS) is 17.4.